The summed E-state index contributed by atoms with van der Waals surface area (Å²) in [5.74, 6) is -0.277. The molecule has 2 aromatic carbocycles. The highest BCUT2D eigenvalue weighted by atomic mass is 79.9. The fraction of sp³-hybridized carbons (Fsp3) is 0.154. The molecule has 0 saturated heterocycles. The minimum absolute atomic E-state index is 0.0113. The Morgan fingerprint density at radius 1 is 1.31 bits per heavy atom. The molecule has 0 amide bonds. The number of alkyl halides is 1. The van der Waals surface area contributed by atoms with Crippen molar-refractivity contribution in [2.45, 2.75) is 11.8 Å². The molecule has 0 fully saturated rings. The number of carbonyl (C=O) groups is 1. The van der Waals surface area contributed by atoms with Gasteiger partial charge in [0.05, 0.1) is 4.83 Å². The summed E-state index contributed by atoms with van der Waals surface area (Å²) in [6.45, 7) is 1.78. The summed E-state index contributed by atoms with van der Waals surface area (Å²) in [4.78, 5) is 11.7. The third-order valence-corrected chi connectivity index (χ3v) is 2.89. The molecule has 0 N–H and O–H groups in total. The first-order valence-electron chi connectivity index (χ1n) is 4.96. The Kier molecular flexibility index (Phi) is 3.06. The smallest absolute Gasteiger partial charge is 0.176 e. The van der Waals surface area contributed by atoms with Crippen LogP contribution in [0.15, 0.2) is 36.4 Å². The van der Waals surface area contributed by atoms with E-state index in [0.29, 0.717) is 5.56 Å². The van der Waals surface area contributed by atoms with Gasteiger partial charge in [-0.3, -0.25) is 4.79 Å². The normalized spacial score (nSPS) is 12.7. The van der Waals surface area contributed by atoms with Crippen molar-refractivity contribution < 1.29 is 9.18 Å². The lowest BCUT2D eigenvalue weighted by Crippen LogP contribution is -2.10. The number of rotatable bonds is 2. The van der Waals surface area contributed by atoms with Crippen LogP contribution < -0.4 is 0 Å². The molecule has 1 nitrogen and oxygen atoms in total. The second-order valence-electron chi connectivity index (χ2n) is 3.65. The van der Waals surface area contributed by atoms with E-state index in [4.69, 9.17) is 0 Å². The van der Waals surface area contributed by atoms with Gasteiger partial charge in [-0.25, -0.2) is 4.39 Å². The maximum absolute atomic E-state index is 13.0. The van der Waals surface area contributed by atoms with Crippen LogP contribution in [0.1, 0.15) is 17.3 Å². The van der Waals surface area contributed by atoms with Gasteiger partial charge in [-0.2, -0.15) is 0 Å². The van der Waals surface area contributed by atoms with Crippen molar-refractivity contribution in [3.8, 4) is 0 Å². The average Bonchev–Trinajstić information content (AvgIpc) is 2.26. The van der Waals surface area contributed by atoms with E-state index in [2.05, 4.69) is 15.9 Å². The molecule has 0 saturated carbocycles. The third-order valence-electron chi connectivity index (χ3n) is 2.47. The number of fused-ring (bicyclic) bond motifs is 1. The highest BCUT2D eigenvalue weighted by Gasteiger charge is 2.14. The molecule has 0 aliphatic rings. The lowest BCUT2D eigenvalue weighted by molar-refractivity contribution is 0.0997. The van der Waals surface area contributed by atoms with Gasteiger partial charge in [0.1, 0.15) is 5.82 Å². The summed E-state index contributed by atoms with van der Waals surface area (Å²) in [6, 6.07) is 9.79. The molecule has 1 unspecified atom stereocenters. The number of ketones is 1. The number of Topliss-reactive ketones (excluding diaryl/α,β-unsaturated/α-hetero) is 1. The van der Waals surface area contributed by atoms with Gasteiger partial charge < -0.3 is 0 Å². The molecule has 2 aromatic rings. The monoisotopic (exact) mass is 280 g/mol. The maximum Gasteiger partial charge on any atom is 0.176 e. The molecular formula is C13H10BrFO. The van der Waals surface area contributed by atoms with Crippen LogP contribution in [0.4, 0.5) is 4.39 Å². The predicted molar refractivity (Wildman–Crippen MR) is 66.6 cm³/mol. The molecule has 1 atom stereocenters. The zero-order valence-corrected chi connectivity index (χ0v) is 10.3. The molecular weight excluding hydrogens is 271 g/mol. The van der Waals surface area contributed by atoms with E-state index in [1.54, 1.807) is 31.2 Å². The van der Waals surface area contributed by atoms with Crippen molar-refractivity contribution in [3.63, 3.8) is 0 Å². The fourth-order valence-corrected chi connectivity index (χ4v) is 1.93. The average molecular weight is 281 g/mol. The highest BCUT2D eigenvalue weighted by Crippen LogP contribution is 2.22. The Bertz CT molecular complexity index is 549. The van der Waals surface area contributed by atoms with Crippen LogP contribution in [0.5, 0.6) is 0 Å². The van der Waals surface area contributed by atoms with E-state index in [1.807, 2.05) is 0 Å². The molecule has 16 heavy (non-hydrogen) atoms. The van der Waals surface area contributed by atoms with Gasteiger partial charge in [-0.15, -0.1) is 0 Å². The molecule has 2 rings (SSSR count). The molecule has 0 heterocycles. The van der Waals surface area contributed by atoms with Crippen molar-refractivity contribution in [2.24, 2.45) is 0 Å². The van der Waals surface area contributed by atoms with Crippen molar-refractivity contribution >= 4 is 32.5 Å². The van der Waals surface area contributed by atoms with Crippen LogP contribution >= 0.6 is 15.9 Å². The number of hydrogen-bond donors (Lipinski definition) is 0. The molecule has 3 heteroatoms. The summed E-state index contributed by atoms with van der Waals surface area (Å²) in [6.07, 6.45) is 0. The molecule has 0 radical (unpaired) electrons. The molecule has 0 spiro atoms. The number of carbonyl (C=O) groups excluding carboxylic acids is 1. The van der Waals surface area contributed by atoms with Gasteiger partial charge in [0.15, 0.2) is 5.78 Å². The van der Waals surface area contributed by atoms with Gasteiger partial charge in [-0.1, -0.05) is 40.2 Å². The summed E-state index contributed by atoms with van der Waals surface area (Å²) < 4.78 is 13.0. The predicted octanol–water partition coefficient (Wildman–Crippen LogP) is 3.95. The third kappa shape index (κ3) is 2.00. The minimum atomic E-state index is -0.288. The number of halogens is 2. The quantitative estimate of drug-likeness (QED) is 0.602. The second kappa shape index (κ2) is 4.34. The van der Waals surface area contributed by atoms with Gasteiger partial charge in [0.2, 0.25) is 0 Å². The van der Waals surface area contributed by atoms with Gasteiger partial charge >= 0.3 is 0 Å². The molecule has 0 aliphatic heterocycles. The molecule has 82 valence electrons. The van der Waals surface area contributed by atoms with Crippen LogP contribution in [-0.2, 0) is 0 Å². The lowest BCUT2D eigenvalue weighted by Gasteiger charge is -2.07. The van der Waals surface area contributed by atoms with Crippen LogP contribution in [0.25, 0.3) is 10.8 Å². The highest BCUT2D eigenvalue weighted by molar-refractivity contribution is 9.10. The molecule has 0 aliphatic carbocycles. The van der Waals surface area contributed by atoms with Crippen molar-refractivity contribution in [3.05, 3.63) is 47.8 Å². The molecule has 0 aromatic heterocycles. The summed E-state index contributed by atoms with van der Waals surface area (Å²) in [5, 5.41) is 1.54. The van der Waals surface area contributed by atoms with E-state index in [-0.39, 0.29) is 16.4 Å². The summed E-state index contributed by atoms with van der Waals surface area (Å²) in [5.41, 5.74) is 0.627. The molecule has 0 bridgehead atoms. The van der Waals surface area contributed by atoms with Crippen molar-refractivity contribution in [1.29, 1.82) is 0 Å². The fourth-order valence-electron chi connectivity index (χ4n) is 1.68. The summed E-state index contributed by atoms with van der Waals surface area (Å²) >= 11 is 3.25. The summed E-state index contributed by atoms with van der Waals surface area (Å²) in [7, 11) is 0. The van der Waals surface area contributed by atoms with E-state index < -0.39 is 0 Å². The first kappa shape index (κ1) is 11.3. The van der Waals surface area contributed by atoms with Crippen LogP contribution in [0.3, 0.4) is 0 Å². The van der Waals surface area contributed by atoms with E-state index in [1.165, 1.54) is 12.1 Å². The first-order chi connectivity index (χ1) is 7.59. The number of benzene rings is 2. The second-order valence-corrected chi connectivity index (χ2v) is 5.02. The van der Waals surface area contributed by atoms with Crippen LogP contribution in [-0.4, -0.2) is 10.6 Å². The zero-order chi connectivity index (χ0) is 11.7. The Morgan fingerprint density at radius 2 is 2.06 bits per heavy atom. The maximum atomic E-state index is 13.0. The minimum Gasteiger partial charge on any atom is -0.293 e. The topological polar surface area (TPSA) is 17.1 Å². The van der Waals surface area contributed by atoms with Gasteiger partial charge in [0, 0.05) is 5.56 Å². The zero-order valence-electron chi connectivity index (χ0n) is 8.71. The Hall–Kier alpha value is -1.22. The van der Waals surface area contributed by atoms with Gasteiger partial charge in [0.25, 0.3) is 0 Å². The van der Waals surface area contributed by atoms with Crippen molar-refractivity contribution in [2.75, 3.05) is 0 Å². The van der Waals surface area contributed by atoms with Crippen LogP contribution in [0.2, 0.25) is 0 Å². The standard InChI is InChI=1S/C13H10BrFO/c1-8(14)13(16)12-4-2-3-9-7-10(15)5-6-11(9)12/h2-8H,1H3. The largest absolute Gasteiger partial charge is 0.293 e. The Labute approximate surface area is 101 Å². The first-order valence-corrected chi connectivity index (χ1v) is 5.88. The van der Waals surface area contributed by atoms with Crippen molar-refractivity contribution in [1.82, 2.24) is 0 Å². The lowest BCUT2D eigenvalue weighted by atomic mass is 10.0. The Morgan fingerprint density at radius 3 is 2.75 bits per heavy atom. The SMILES string of the molecule is CC(Br)C(=O)c1cccc2cc(F)ccc12. The van der Waals surface area contributed by atoms with E-state index in [9.17, 15) is 9.18 Å². The van der Waals surface area contributed by atoms with Crippen LogP contribution in [0, 0.1) is 5.82 Å². The van der Waals surface area contributed by atoms with E-state index in [0.717, 1.165) is 10.8 Å². The van der Waals surface area contributed by atoms with E-state index >= 15 is 0 Å². The number of hydrogen-bond acceptors (Lipinski definition) is 1. The Balaban J connectivity index is 2.67. The van der Waals surface area contributed by atoms with Gasteiger partial charge in [-0.05, 0) is 29.8 Å².